The standard InChI is InChI=1S/C23H23NO7/c1-15-6-3-4-7-19(15)29-14-21(25)30-17-9-8-16-12-18(23(27)31-20(16)13-17)22(26)24-10-5-11-28-2/h3-4,6-9,12-13H,5,10-11,14H2,1-2H3,(H,24,26). The van der Waals surface area contributed by atoms with Gasteiger partial charge in [0.05, 0.1) is 0 Å². The van der Waals surface area contributed by atoms with Crippen LogP contribution in [0.25, 0.3) is 11.0 Å². The van der Waals surface area contributed by atoms with E-state index in [9.17, 15) is 14.4 Å². The summed E-state index contributed by atoms with van der Waals surface area (Å²) in [7, 11) is 1.57. The lowest BCUT2D eigenvalue weighted by molar-refractivity contribution is -0.136. The molecule has 0 fully saturated rings. The van der Waals surface area contributed by atoms with Gasteiger partial charge in [-0.25, -0.2) is 9.59 Å². The Hall–Kier alpha value is -3.65. The smallest absolute Gasteiger partial charge is 0.349 e. The van der Waals surface area contributed by atoms with Crippen LogP contribution in [0.15, 0.2) is 57.7 Å². The van der Waals surface area contributed by atoms with Crippen molar-refractivity contribution >= 4 is 22.8 Å². The number of amides is 1. The van der Waals surface area contributed by atoms with Gasteiger partial charge in [-0.3, -0.25) is 4.79 Å². The average molecular weight is 425 g/mol. The van der Waals surface area contributed by atoms with Crippen LogP contribution in [-0.4, -0.2) is 38.7 Å². The van der Waals surface area contributed by atoms with Crippen molar-refractivity contribution in [2.24, 2.45) is 0 Å². The Morgan fingerprint density at radius 3 is 2.68 bits per heavy atom. The van der Waals surface area contributed by atoms with Crippen LogP contribution in [0.2, 0.25) is 0 Å². The highest BCUT2D eigenvalue weighted by atomic mass is 16.6. The summed E-state index contributed by atoms with van der Waals surface area (Å²) < 4.78 is 20.9. The third-order valence-corrected chi connectivity index (χ3v) is 4.43. The Labute approximate surface area is 178 Å². The van der Waals surface area contributed by atoms with Crippen molar-refractivity contribution in [1.29, 1.82) is 0 Å². The van der Waals surface area contributed by atoms with Gasteiger partial charge in [0, 0.05) is 31.7 Å². The quantitative estimate of drug-likeness (QED) is 0.243. The number of fused-ring (bicyclic) bond motifs is 1. The number of para-hydroxylation sites is 1. The zero-order chi connectivity index (χ0) is 22.2. The first-order valence-corrected chi connectivity index (χ1v) is 9.72. The third-order valence-electron chi connectivity index (χ3n) is 4.43. The minimum Gasteiger partial charge on any atom is -0.482 e. The van der Waals surface area contributed by atoms with Crippen LogP contribution in [0.5, 0.6) is 11.5 Å². The molecule has 3 rings (SSSR count). The highest BCUT2D eigenvalue weighted by Crippen LogP contribution is 2.21. The monoisotopic (exact) mass is 425 g/mol. The number of carbonyl (C=O) groups is 2. The van der Waals surface area contributed by atoms with Crippen LogP contribution >= 0.6 is 0 Å². The molecule has 2 aromatic carbocycles. The molecule has 1 aromatic heterocycles. The molecular formula is C23H23NO7. The molecule has 0 spiro atoms. The highest BCUT2D eigenvalue weighted by Gasteiger charge is 2.15. The van der Waals surface area contributed by atoms with Crippen LogP contribution in [0.3, 0.4) is 0 Å². The van der Waals surface area contributed by atoms with E-state index in [4.69, 9.17) is 18.6 Å². The molecule has 0 radical (unpaired) electrons. The van der Waals surface area contributed by atoms with Gasteiger partial charge in [-0.1, -0.05) is 18.2 Å². The summed E-state index contributed by atoms with van der Waals surface area (Å²) in [6.07, 6.45) is 0.628. The molecule has 3 aromatic rings. The van der Waals surface area contributed by atoms with Crippen LogP contribution < -0.4 is 20.4 Å². The zero-order valence-corrected chi connectivity index (χ0v) is 17.3. The predicted molar refractivity (Wildman–Crippen MR) is 114 cm³/mol. The summed E-state index contributed by atoms with van der Waals surface area (Å²) in [6, 6.07) is 13.3. The van der Waals surface area contributed by atoms with Gasteiger partial charge < -0.3 is 23.9 Å². The van der Waals surface area contributed by atoms with E-state index in [-0.39, 0.29) is 23.5 Å². The second-order valence-corrected chi connectivity index (χ2v) is 6.78. The maximum absolute atomic E-state index is 12.2. The summed E-state index contributed by atoms with van der Waals surface area (Å²) in [6.45, 7) is 2.49. The molecule has 8 nitrogen and oxygen atoms in total. The van der Waals surface area contributed by atoms with Gasteiger partial charge >= 0.3 is 11.6 Å². The molecule has 0 bridgehead atoms. The molecule has 31 heavy (non-hydrogen) atoms. The van der Waals surface area contributed by atoms with Crippen molar-refractivity contribution in [3.05, 3.63) is 70.1 Å². The summed E-state index contributed by atoms with van der Waals surface area (Å²) in [5.41, 5.74) is 0.233. The molecule has 0 unspecified atom stereocenters. The Kier molecular flexibility index (Phi) is 7.40. The van der Waals surface area contributed by atoms with Crippen molar-refractivity contribution in [3.8, 4) is 11.5 Å². The van der Waals surface area contributed by atoms with Gasteiger partial charge in [-0.2, -0.15) is 0 Å². The van der Waals surface area contributed by atoms with E-state index in [1.165, 1.54) is 12.1 Å². The Morgan fingerprint density at radius 1 is 1.10 bits per heavy atom. The van der Waals surface area contributed by atoms with Crippen LogP contribution in [0.4, 0.5) is 0 Å². The maximum Gasteiger partial charge on any atom is 0.349 e. The molecule has 1 heterocycles. The van der Waals surface area contributed by atoms with E-state index >= 15 is 0 Å². The molecule has 162 valence electrons. The fourth-order valence-electron chi connectivity index (χ4n) is 2.84. The van der Waals surface area contributed by atoms with E-state index in [1.807, 2.05) is 25.1 Å². The van der Waals surface area contributed by atoms with Gasteiger partial charge in [0.1, 0.15) is 22.6 Å². The second kappa shape index (κ2) is 10.4. The fourth-order valence-corrected chi connectivity index (χ4v) is 2.84. The first-order valence-electron chi connectivity index (χ1n) is 9.72. The predicted octanol–water partition coefficient (Wildman–Crippen LogP) is 2.85. The summed E-state index contributed by atoms with van der Waals surface area (Å²) in [5, 5.41) is 3.17. The van der Waals surface area contributed by atoms with E-state index in [0.717, 1.165) is 5.56 Å². The molecule has 8 heteroatoms. The number of esters is 1. The molecule has 1 amide bonds. The lowest BCUT2D eigenvalue weighted by Gasteiger charge is -2.09. The molecular weight excluding hydrogens is 402 g/mol. The second-order valence-electron chi connectivity index (χ2n) is 6.78. The maximum atomic E-state index is 12.2. The molecule has 0 aliphatic carbocycles. The minimum atomic E-state index is -0.775. The minimum absolute atomic E-state index is 0.0960. The Balaban J connectivity index is 1.65. The number of benzene rings is 2. The summed E-state index contributed by atoms with van der Waals surface area (Å²) in [5.74, 6) is -0.324. The number of methoxy groups -OCH3 is 1. The van der Waals surface area contributed by atoms with Gasteiger partial charge in [-0.05, 0) is 43.2 Å². The Bertz CT molecular complexity index is 1140. The topological polar surface area (TPSA) is 104 Å². The number of rotatable bonds is 9. The molecule has 0 saturated carbocycles. The molecule has 1 N–H and O–H groups in total. The van der Waals surface area contributed by atoms with E-state index < -0.39 is 17.5 Å². The number of hydrogen-bond donors (Lipinski definition) is 1. The fraction of sp³-hybridized carbons (Fsp3) is 0.261. The van der Waals surface area contributed by atoms with Crippen LogP contribution in [0, 0.1) is 6.92 Å². The van der Waals surface area contributed by atoms with E-state index in [2.05, 4.69) is 5.32 Å². The van der Waals surface area contributed by atoms with Gasteiger partial charge in [0.15, 0.2) is 6.61 Å². The van der Waals surface area contributed by atoms with Gasteiger partial charge in [0.2, 0.25) is 0 Å². The lowest BCUT2D eigenvalue weighted by Crippen LogP contribution is -2.29. The SMILES string of the molecule is COCCCNC(=O)c1cc2ccc(OC(=O)COc3ccccc3C)cc2oc1=O. The van der Waals surface area contributed by atoms with E-state index in [0.29, 0.717) is 30.7 Å². The van der Waals surface area contributed by atoms with Crippen LogP contribution in [-0.2, 0) is 9.53 Å². The zero-order valence-electron chi connectivity index (χ0n) is 17.3. The molecule has 0 aliphatic heterocycles. The Morgan fingerprint density at radius 2 is 1.90 bits per heavy atom. The first kappa shape index (κ1) is 22.0. The van der Waals surface area contributed by atoms with Crippen molar-refractivity contribution in [1.82, 2.24) is 5.32 Å². The summed E-state index contributed by atoms with van der Waals surface area (Å²) >= 11 is 0. The third kappa shape index (κ3) is 5.93. The van der Waals surface area contributed by atoms with Crippen molar-refractivity contribution < 1.29 is 28.2 Å². The number of nitrogens with one attached hydrogen (secondary N) is 1. The van der Waals surface area contributed by atoms with Gasteiger partial charge in [0.25, 0.3) is 5.91 Å². The van der Waals surface area contributed by atoms with Crippen molar-refractivity contribution in [2.75, 3.05) is 26.9 Å². The largest absolute Gasteiger partial charge is 0.482 e. The normalized spacial score (nSPS) is 10.6. The van der Waals surface area contributed by atoms with Crippen molar-refractivity contribution in [3.63, 3.8) is 0 Å². The molecule has 0 atom stereocenters. The van der Waals surface area contributed by atoms with Crippen molar-refractivity contribution in [2.45, 2.75) is 13.3 Å². The first-order chi connectivity index (χ1) is 15.0. The van der Waals surface area contributed by atoms with Crippen LogP contribution in [0.1, 0.15) is 22.3 Å². The van der Waals surface area contributed by atoms with E-state index in [1.54, 1.807) is 25.3 Å². The lowest BCUT2D eigenvalue weighted by atomic mass is 10.1. The molecule has 0 saturated heterocycles. The molecule has 0 aliphatic rings. The average Bonchev–Trinajstić information content (AvgIpc) is 2.75. The van der Waals surface area contributed by atoms with Gasteiger partial charge in [-0.15, -0.1) is 0 Å². The number of aryl methyl sites for hydroxylation is 1. The number of hydrogen-bond acceptors (Lipinski definition) is 7. The summed E-state index contributed by atoms with van der Waals surface area (Å²) in [4.78, 5) is 36.5. The number of ether oxygens (including phenoxy) is 3. The highest BCUT2D eigenvalue weighted by molar-refractivity contribution is 5.96. The number of carbonyl (C=O) groups excluding carboxylic acids is 2.